The van der Waals surface area contributed by atoms with Crippen LogP contribution in [0, 0.1) is 11.3 Å². The van der Waals surface area contributed by atoms with Crippen LogP contribution in [0.1, 0.15) is 36.8 Å². The van der Waals surface area contributed by atoms with Crippen molar-refractivity contribution in [1.82, 2.24) is 4.98 Å². The predicted molar refractivity (Wildman–Crippen MR) is 80.7 cm³/mol. The van der Waals surface area contributed by atoms with Gasteiger partial charge in [-0.05, 0) is 49.5 Å². The maximum atomic E-state index is 8.96. The number of nitrogens with one attached hydrogen (secondary N) is 1. The summed E-state index contributed by atoms with van der Waals surface area (Å²) in [5.41, 5.74) is 4.55. The summed E-state index contributed by atoms with van der Waals surface area (Å²) in [7, 11) is 0. The first-order valence-electron chi connectivity index (χ1n) is 6.59. The summed E-state index contributed by atoms with van der Waals surface area (Å²) in [6, 6.07) is 8.03. The molecule has 1 aliphatic rings. The number of aromatic nitrogens is 1. The van der Waals surface area contributed by atoms with E-state index in [1.165, 1.54) is 35.8 Å². The van der Waals surface area contributed by atoms with E-state index in [2.05, 4.69) is 36.5 Å². The Bertz CT molecular complexity index is 641. The summed E-state index contributed by atoms with van der Waals surface area (Å²) < 4.78 is 0. The van der Waals surface area contributed by atoms with E-state index < -0.39 is 0 Å². The van der Waals surface area contributed by atoms with Crippen LogP contribution in [-0.2, 0) is 0 Å². The van der Waals surface area contributed by atoms with Crippen LogP contribution in [0.4, 0.5) is 0 Å². The Morgan fingerprint density at radius 2 is 2.05 bits per heavy atom. The van der Waals surface area contributed by atoms with Gasteiger partial charge in [-0.1, -0.05) is 6.08 Å². The maximum Gasteiger partial charge on any atom is 0.0991 e. The van der Waals surface area contributed by atoms with Gasteiger partial charge < -0.3 is 4.98 Å². The maximum absolute atomic E-state index is 8.96. The average molecular weight is 250 g/mol. The number of H-pyrrole nitrogens is 1. The zero-order valence-electron chi connectivity index (χ0n) is 11.1. The zero-order valence-corrected chi connectivity index (χ0v) is 11.1. The highest BCUT2D eigenvalue weighted by Crippen LogP contribution is 2.32. The molecule has 19 heavy (non-hydrogen) atoms. The molecule has 0 amide bonds. The second-order valence-electron chi connectivity index (χ2n) is 4.55. The Morgan fingerprint density at radius 3 is 2.74 bits per heavy atom. The van der Waals surface area contributed by atoms with Crippen molar-refractivity contribution in [2.24, 2.45) is 0 Å². The minimum absolute atomic E-state index is 0.731. The Hall–Kier alpha value is -2.27. The first-order valence-corrected chi connectivity index (χ1v) is 6.59. The SMILES string of the molecule is C=C.N#Cc1ccc2[nH]cc(C3=CCCCC3)c2c1. The van der Waals surface area contributed by atoms with Gasteiger partial charge in [-0.25, -0.2) is 0 Å². The van der Waals surface area contributed by atoms with Gasteiger partial charge in [-0.15, -0.1) is 13.2 Å². The lowest BCUT2D eigenvalue weighted by atomic mass is 9.93. The number of benzene rings is 1. The van der Waals surface area contributed by atoms with E-state index in [9.17, 15) is 0 Å². The second kappa shape index (κ2) is 6.06. The summed E-state index contributed by atoms with van der Waals surface area (Å²) in [5, 5.41) is 10.1. The number of hydrogen-bond donors (Lipinski definition) is 1. The lowest BCUT2D eigenvalue weighted by Crippen LogP contribution is -1.90. The minimum Gasteiger partial charge on any atom is -0.361 e. The Labute approximate surface area is 114 Å². The van der Waals surface area contributed by atoms with Crippen LogP contribution in [0.5, 0.6) is 0 Å². The van der Waals surface area contributed by atoms with Gasteiger partial charge >= 0.3 is 0 Å². The quantitative estimate of drug-likeness (QED) is 0.725. The van der Waals surface area contributed by atoms with Crippen molar-refractivity contribution in [2.45, 2.75) is 25.7 Å². The number of nitrogens with zero attached hydrogens (tertiary/aromatic N) is 1. The molecule has 1 N–H and O–H groups in total. The zero-order chi connectivity index (χ0) is 13.7. The highest BCUT2D eigenvalue weighted by Gasteiger charge is 2.11. The topological polar surface area (TPSA) is 39.6 Å². The van der Waals surface area contributed by atoms with Crippen molar-refractivity contribution in [3.05, 3.63) is 54.8 Å². The Morgan fingerprint density at radius 1 is 1.21 bits per heavy atom. The fourth-order valence-electron chi connectivity index (χ4n) is 2.54. The Balaban J connectivity index is 0.000000637. The molecule has 2 heteroatoms. The van der Waals surface area contributed by atoms with Gasteiger partial charge in [-0.2, -0.15) is 5.26 Å². The second-order valence-corrected chi connectivity index (χ2v) is 4.55. The van der Waals surface area contributed by atoms with Crippen molar-refractivity contribution >= 4 is 16.5 Å². The van der Waals surface area contributed by atoms with Gasteiger partial charge in [0.1, 0.15) is 0 Å². The molecule has 1 aromatic carbocycles. The molecule has 2 aromatic rings. The van der Waals surface area contributed by atoms with Crippen LogP contribution in [0.2, 0.25) is 0 Å². The van der Waals surface area contributed by atoms with Gasteiger partial charge in [0.05, 0.1) is 11.6 Å². The number of fused-ring (bicyclic) bond motifs is 1. The molecular weight excluding hydrogens is 232 g/mol. The molecule has 0 bridgehead atoms. The molecule has 1 heterocycles. The lowest BCUT2D eigenvalue weighted by molar-refractivity contribution is 0.742. The number of nitriles is 1. The molecule has 96 valence electrons. The van der Waals surface area contributed by atoms with E-state index in [4.69, 9.17) is 5.26 Å². The molecule has 3 rings (SSSR count). The van der Waals surface area contributed by atoms with Crippen LogP contribution in [0.3, 0.4) is 0 Å². The summed E-state index contributed by atoms with van der Waals surface area (Å²) in [4.78, 5) is 3.29. The van der Waals surface area contributed by atoms with E-state index in [-0.39, 0.29) is 0 Å². The summed E-state index contributed by atoms with van der Waals surface area (Å²) in [6.07, 6.45) is 9.32. The van der Waals surface area contributed by atoms with Gasteiger partial charge in [0.25, 0.3) is 0 Å². The molecule has 0 saturated heterocycles. The van der Waals surface area contributed by atoms with Crippen LogP contribution in [-0.4, -0.2) is 4.98 Å². The summed E-state index contributed by atoms with van der Waals surface area (Å²) in [5.74, 6) is 0. The van der Waals surface area contributed by atoms with Crippen LogP contribution < -0.4 is 0 Å². The van der Waals surface area contributed by atoms with Crippen molar-refractivity contribution < 1.29 is 0 Å². The molecular formula is C17H18N2. The molecule has 0 aliphatic heterocycles. The molecule has 0 fully saturated rings. The van der Waals surface area contributed by atoms with E-state index in [0.717, 1.165) is 17.5 Å². The largest absolute Gasteiger partial charge is 0.361 e. The predicted octanol–water partition coefficient (Wildman–Crippen LogP) is 4.80. The van der Waals surface area contributed by atoms with Crippen LogP contribution in [0.25, 0.3) is 16.5 Å². The number of allylic oxidation sites excluding steroid dienone is 2. The van der Waals surface area contributed by atoms with Crippen molar-refractivity contribution in [3.63, 3.8) is 0 Å². The van der Waals surface area contributed by atoms with Gasteiger partial charge in [-0.3, -0.25) is 0 Å². The third kappa shape index (κ3) is 2.61. The van der Waals surface area contributed by atoms with E-state index in [1.54, 1.807) is 0 Å². The molecule has 0 saturated carbocycles. The first-order chi connectivity index (χ1) is 9.38. The minimum atomic E-state index is 0.731. The smallest absolute Gasteiger partial charge is 0.0991 e. The molecule has 1 aromatic heterocycles. The van der Waals surface area contributed by atoms with E-state index in [0.29, 0.717) is 0 Å². The summed E-state index contributed by atoms with van der Waals surface area (Å²) in [6.45, 7) is 6.00. The lowest BCUT2D eigenvalue weighted by Gasteiger charge is -2.11. The van der Waals surface area contributed by atoms with Crippen LogP contribution >= 0.6 is 0 Å². The third-order valence-electron chi connectivity index (χ3n) is 3.45. The standard InChI is InChI=1S/C15H14N2.C2H4/c16-9-11-6-7-15-13(8-11)14(10-17-15)12-4-2-1-3-5-12;1-2/h4,6-8,10,17H,1-3,5H2;1-2H2. The molecule has 0 atom stereocenters. The van der Waals surface area contributed by atoms with Gasteiger partial charge in [0, 0.05) is 22.7 Å². The van der Waals surface area contributed by atoms with Crippen molar-refractivity contribution in [3.8, 4) is 6.07 Å². The molecule has 0 unspecified atom stereocenters. The number of hydrogen-bond acceptors (Lipinski definition) is 1. The molecule has 1 aliphatic carbocycles. The van der Waals surface area contributed by atoms with E-state index >= 15 is 0 Å². The van der Waals surface area contributed by atoms with Crippen molar-refractivity contribution in [1.29, 1.82) is 5.26 Å². The Kier molecular flexibility index (Phi) is 4.20. The third-order valence-corrected chi connectivity index (χ3v) is 3.45. The monoisotopic (exact) mass is 250 g/mol. The summed E-state index contributed by atoms with van der Waals surface area (Å²) >= 11 is 0. The molecule has 0 spiro atoms. The highest BCUT2D eigenvalue weighted by molar-refractivity contribution is 5.93. The average Bonchev–Trinajstić information content (AvgIpc) is 2.93. The highest BCUT2D eigenvalue weighted by atomic mass is 14.7. The fraction of sp³-hybridized carbons (Fsp3) is 0.235. The van der Waals surface area contributed by atoms with E-state index in [1.807, 2.05) is 18.2 Å². The normalized spacial score (nSPS) is 14.2. The first kappa shape index (κ1) is 13.2. The van der Waals surface area contributed by atoms with Crippen molar-refractivity contribution in [2.75, 3.05) is 0 Å². The van der Waals surface area contributed by atoms with Gasteiger partial charge in [0.2, 0.25) is 0 Å². The van der Waals surface area contributed by atoms with Crippen LogP contribution in [0.15, 0.2) is 43.6 Å². The van der Waals surface area contributed by atoms with Gasteiger partial charge in [0.15, 0.2) is 0 Å². The molecule has 0 radical (unpaired) electrons. The fourth-order valence-corrected chi connectivity index (χ4v) is 2.54. The number of aromatic amines is 1. The number of rotatable bonds is 1. The molecule has 2 nitrogen and oxygen atoms in total.